The summed E-state index contributed by atoms with van der Waals surface area (Å²) >= 11 is 0. The van der Waals surface area contributed by atoms with Crippen molar-refractivity contribution < 1.29 is 14.9 Å². The van der Waals surface area contributed by atoms with Gasteiger partial charge >= 0.3 is 0 Å². The molecule has 0 spiro atoms. The van der Waals surface area contributed by atoms with Crippen LogP contribution in [-0.2, 0) is 10.3 Å². The Labute approximate surface area is 87.5 Å². The molecule has 2 aliphatic heterocycles. The lowest BCUT2D eigenvalue weighted by atomic mass is 9.91. The summed E-state index contributed by atoms with van der Waals surface area (Å²) in [4.78, 5) is 0. The first kappa shape index (κ1) is 9.15. The Kier molecular flexibility index (Phi) is 1.80. The van der Waals surface area contributed by atoms with E-state index in [4.69, 9.17) is 9.84 Å². The first-order valence-corrected chi connectivity index (χ1v) is 5.09. The molecule has 1 aromatic rings. The largest absolute Gasteiger partial charge is 0.394 e. The molecule has 1 saturated heterocycles. The number of fused-ring (bicyclic) bond motifs is 3. The van der Waals surface area contributed by atoms with Gasteiger partial charge in [0.25, 0.3) is 0 Å². The number of anilines is 1. The molecule has 0 bridgehead atoms. The van der Waals surface area contributed by atoms with Gasteiger partial charge in [0.05, 0.1) is 12.7 Å². The third-order valence-electron chi connectivity index (χ3n) is 3.18. The van der Waals surface area contributed by atoms with Crippen molar-refractivity contribution in [3.05, 3.63) is 29.8 Å². The molecule has 3 N–H and O–H groups in total. The number of hydrogen-bond donors (Lipinski definition) is 3. The van der Waals surface area contributed by atoms with Gasteiger partial charge in [-0.2, -0.15) is 0 Å². The van der Waals surface area contributed by atoms with Gasteiger partial charge in [-0.1, -0.05) is 18.2 Å². The molecule has 4 nitrogen and oxygen atoms in total. The summed E-state index contributed by atoms with van der Waals surface area (Å²) in [6.07, 6.45) is -0.258. The fraction of sp³-hybridized carbons (Fsp3) is 0.455. The van der Waals surface area contributed by atoms with Crippen LogP contribution in [0.5, 0.6) is 0 Å². The first-order valence-electron chi connectivity index (χ1n) is 5.09. The minimum Gasteiger partial charge on any atom is -0.394 e. The van der Waals surface area contributed by atoms with E-state index in [0.29, 0.717) is 6.42 Å². The predicted molar refractivity (Wildman–Crippen MR) is 54.3 cm³/mol. The monoisotopic (exact) mass is 207 g/mol. The average Bonchev–Trinajstić information content (AvgIpc) is 2.69. The molecule has 0 radical (unpaired) electrons. The van der Waals surface area contributed by atoms with Crippen molar-refractivity contribution in [2.24, 2.45) is 0 Å². The highest BCUT2D eigenvalue weighted by Crippen LogP contribution is 2.47. The van der Waals surface area contributed by atoms with Crippen molar-refractivity contribution in [2.45, 2.75) is 24.4 Å². The van der Waals surface area contributed by atoms with Gasteiger partial charge in [-0.15, -0.1) is 0 Å². The third kappa shape index (κ3) is 1.13. The summed E-state index contributed by atoms with van der Waals surface area (Å²) in [7, 11) is 0. The van der Waals surface area contributed by atoms with Crippen LogP contribution >= 0.6 is 0 Å². The summed E-state index contributed by atoms with van der Waals surface area (Å²) in [6.45, 7) is -0.0529. The van der Waals surface area contributed by atoms with Crippen LogP contribution in [0.4, 0.5) is 5.69 Å². The molecule has 2 heterocycles. The molecule has 15 heavy (non-hydrogen) atoms. The maximum Gasteiger partial charge on any atom is 0.161 e. The van der Waals surface area contributed by atoms with E-state index in [-0.39, 0.29) is 12.7 Å². The van der Waals surface area contributed by atoms with Crippen LogP contribution in [0.15, 0.2) is 24.3 Å². The smallest absolute Gasteiger partial charge is 0.161 e. The molecule has 0 amide bonds. The molecule has 0 saturated carbocycles. The Morgan fingerprint density at radius 1 is 1.47 bits per heavy atom. The van der Waals surface area contributed by atoms with Gasteiger partial charge in [0.2, 0.25) is 0 Å². The summed E-state index contributed by atoms with van der Waals surface area (Å²) < 4.78 is 5.51. The Bertz CT molecular complexity index is 395. The molecule has 1 unspecified atom stereocenters. The van der Waals surface area contributed by atoms with E-state index in [1.807, 2.05) is 24.3 Å². The van der Waals surface area contributed by atoms with Gasteiger partial charge in [0, 0.05) is 17.7 Å². The predicted octanol–water partition coefficient (Wildman–Crippen LogP) is 0.407. The summed E-state index contributed by atoms with van der Waals surface area (Å²) in [5.74, 6) is 0. The van der Waals surface area contributed by atoms with Crippen LogP contribution in [0, 0.1) is 0 Å². The lowest BCUT2D eigenvalue weighted by Gasteiger charge is -2.20. The first-order chi connectivity index (χ1) is 7.24. The fourth-order valence-electron chi connectivity index (χ4n) is 2.45. The summed E-state index contributed by atoms with van der Waals surface area (Å²) in [6, 6.07) is 7.63. The number of nitrogens with one attached hydrogen (secondary N) is 1. The van der Waals surface area contributed by atoms with Crippen LogP contribution in [0.3, 0.4) is 0 Å². The van der Waals surface area contributed by atoms with E-state index in [1.165, 1.54) is 0 Å². The number of rotatable bonds is 1. The van der Waals surface area contributed by atoms with Crippen molar-refractivity contribution in [2.75, 3.05) is 11.9 Å². The van der Waals surface area contributed by atoms with Crippen LogP contribution in [0.25, 0.3) is 0 Å². The molecule has 80 valence electrons. The summed E-state index contributed by atoms with van der Waals surface area (Å²) in [5.41, 5.74) is 0.802. The second-order valence-corrected chi connectivity index (χ2v) is 4.14. The molecule has 4 heteroatoms. The number of aliphatic hydroxyl groups is 2. The summed E-state index contributed by atoms with van der Waals surface area (Å²) in [5, 5.41) is 22.6. The number of benzene rings is 1. The maximum absolute atomic E-state index is 10.5. The van der Waals surface area contributed by atoms with E-state index in [1.54, 1.807) is 0 Å². The molecule has 0 aliphatic carbocycles. The van der Waals surface area contributed by atoms with Crippen molar-refractivity contribution in [3.8, 4) is 0 Å². The molecule has 3 rings (SSSR count). The molecule has 2 aliphatic rings. The van der Waals surface area contributed by atoms with Crippen molar-refractivity contribution in [1.82, 2.24) is 0 Å². The Morgan fingerprint density at radius 2 is 2.27 bits per heavy atom. The normalized spacial score (nSPS) is 37.2. The second kappa shape index (κ2) is 2.95. The highest BCUT2D eigenvalue weighted by atomic mass is 16.5. The molecule has 0 aromatic heterocycles. The quantitative estimate of drug-likeness (QED) is 0.624. The zero-order chi connectivity index (χ0) is 10.5. The van der Waals surface area contributed by atoms with Crippen LogP contribution in [-0.4, -0.2) is 29.2 Å². The van der Waals surface area contributed by atoms with Gasteiger partial charge in [-0.25, -0.2) is 0 Å². The third-order valence-corrected chi connectivity index (χ3v) is 3.18. The van der Waals surface area contributed by atoms with E-state index >= 15 is 0 Å². The molecular weight excluding hydrogens is 194 g/mol. The second-order valence-electron chi connectivity index (χ2n) is 4.14. The van der Waals surface area contributed by atoms with Crippen molar-refractivity contribution in [1.29, 1.82) is 0 Å². The average molecular weight is 207 g/mol. The maximum atomic E-state index is 10.5. The molecule has 1 aromatic carbocycles. The lowest BCUT2D eigenvalue weighted by molar-refractivity contribution is -0.0333. The molecular formula is C11H13NO3. The number of ether oxygens (including phenoxy) is 1. The molecule has 1 fully saturated rings. The van der Waals surface area contributed by atoms with E-state index in [2.05, 4.69) is 5.32 Å². The Balaban J connectivity index is 2.02. The van der Waals surface area contributed by atoms with Gasteiger partial charge in [-0.3, -0.25) is 0 Å². The van der Waals surface area contributed by atoms with Gasteiger partial charge < -0.3 is 20.3 Å². The standard InChI is InChI=1S/C11H13NO3/c13-6-7-5-11(14)8-3-1-2-4-9(8)12-10(11)15-7/h1-4,7,10,12-14H,5-6H2/t7-,10-,11?/m0/s1. The van der Waals surface area contributed by atoms with Crippen molar-refractivity contribution >= 4 is 5.69 Å². The molecule has 3 atom stereocenters. The highest BCUT2D eigenvalue weighted by molar-refractivity contribution is 5.60. The van der Waals surface area contributed by atoms with Crippen LogP contribution < -0.4 is 5.32 Å². The number of hydrogen-bond acceptors (Lipinski definition) is 4. The SMILES string of the molecule is OC[C@@H]1CC2(O)c3ccccc3N[C@H]2O1. The minimum absolute atomic E-state index is 0.0529. The van der Waals surface area contributed by atoms with Crippen molar-refractivity contribution in [3.63, 3.8) is 0 Å². The fourth-order valence-corrected chi connectivity index (χ4v) is 2.45. The van der Waals surface area contributed by atoms with Gasteiger partial charge in [-0.05, 0) is 6.07 Å². The Morgan fingerprint density at radius 3 is 3.07 bits per heavy atom. The van der Waals surface area contributed by atoms with Crippen LogP contribution in [0.1, 0.15) is 12.0 Å². The number of para-hydroxylation sites is 1. The minimum atomic E-state index is -0.982. The van der Waals surface area contributed by atoms with E-state index < -0.39 is 11.8 Å². The zero-order valence-electron chi connectivity index (χ0n) is 8.18. The van der Waals surface area contributed by atoms with Gasteiger partial charge in [0.1, 0.15) is 5.60 Å². The topological polar surface area (TPSA) is 61.7 Å². The van der Waals surface area contributed by atoms with E-state index in [0.717, 1.165) is 11.3 Å². The van der Waals surface area contributed by atoms with Crippen LogP contribution in [0.2, 0.25) is 0 Å². The lowest BCUT2D eigenvalue weighted by Crippen LogP contribution is -2.33. The zero-order valence-corrected chi connectivity index (χ0v) is 8.18. The number of aliphatic hydroxyl groups excluding tert-OH is 1. The Hall–Kier alpha value is -1.10. The highest BCUT2D eigenvalue weighted by Gasteiger charge is 2.53. The van der Waals surface area contributed by atoms with E-state index in [9.17, 15) is 5.11 Å². The van der Waals surface area contributed by atoms with Gasteiger partial charge in [0.15, 0.2) is 6.23 Å².